The fourth-order valence-corrected chi connectivity index (χ4v) is 4.18. The minimum Gasteiger partial charge on any atom is -0.372 e. The number of anilines is 2. The number of hydrogen-bond donors (Lipinski definition) is 1. The van der Waals surface area contributed by atoms with Gasteiger partial charge < -0.3 is 10.2 Å². The highest BCUT2D eigenvalue weighted by Crippen LogP contribution is 2.26. The highest BCUT2D eigenvalue weighted by molar-refractivity contribution is 7.99. The molecular formula is C20H24N6OS2. The van der Waals surface area contributed by atoms with Crippen molar-refractivity contribution in [2.75, 3.05) is 29.1 Å². The summed E-state index contributed by atoms with van der Waals surface area (Å²) in [4.78, 5) is 18.5. The zero-order valence-corrected chi connectivity index (χ0v) is 18.2. The van der Waals surface area contributed by atoms with Crippen LogP contribution in [-0.4, -0.2) is 44.5 Å². The van der Waals surface area contributed by atoms with Gasteiger partial charge in [0, 0.05) is 42.5 Å². The van der Waals surface area contributed by atoms with Gasteiger partial charge in [-0.15, -0.1) is 28.1 Å². The van der Waals surface area contributed by atoms with Crippen LogP contribution in [0.4, 0.5) is 10.8 Å². The highest BCUT2D eigenvalue weighted by atomic mass is 32.2. The van der Waals surface area contributed by atoms with Gasteiger partial charge in [-0.3, -0.25) is 9.36 Å². The van der Waals surface area contributed by atoms with Crippen LogP contribution >= 0.6 is 23.1 Å². The predicted molar refractivity (Wildman–Crippen MR) is 121 cm³/mol. The van der Waals surface area contributed by atoms with Crippen molar-refractivity contribution in [2.24, 2.45) is 0 Å². The van der Waals surface area contributed by atoms with Gasteiger partial charge in [0.2, 0.25) is 5.91 Å². The fourth-order valence-electron chi connectivity index (χ4n) is 2.88. The molecule has 3 rings (SSSR count). The summed E-state index contributed by atoms with van der Waals surface area (Å²) in [6.07, 6.45) is 3.46. The third kappa shape index (κ3) is 5.24. The molecule has 2 heterocycles. The minimum atomic E-state index is -0.122. The predicted octanol–water partition coefficient (Wildman–Crippen LogP) is 4.16. The molecule has 7 nitrogen and oxygen atoms in total. The summed E-state index contributed by atoms with van der Waals surface area (Å²) in [7, 11) is 0. The third-order valence-electron chi connectivity index (χ3n) is 4.29. The highest BCUT2D eigenvalue weighted by Gasteiger charge is 2.15. The lowest BCUT2D eigenvalue weighted by Gasteiger charge is -2.21. The van der Waals surface area contributed by atoms with Crippen LogP contribution in [0.15, 0.2) is 53.7 Å². The monoisotopic (exact) mass is 428 g/mol. The molecular weight excluding hydrogens is 404 g/mol. The van der Waals surface area contributed by atoms with Gasteiger partial charge in [-0.1, -0.05) is 17.8 Å². The molecule has 0 radical (unpaired) electrons. The molecule has 0 aliphatic heterocycles. The zero-order valence-electron chi connectivity index (χ0n) is 16.5. The smallest absolute Gasteiger partial charge is 0.236 e. The third-order valence-corrected chi connectivity index (χ3v) is 5.95. The van der Waals surface area contributed by atoms with Crippen molar-refractivity contribution in [3.05, 3.63) is 48.5 Å². The summed E-state index contributed by atoms with van der Waals surface area (Å²) in [5.74, 6) is 0.873. The first kappa shape index (κ1) is 21.1. The van der Waals surface area contributed by atoms with Crippen molar-refractivity contribution < 1.29 is 4.79 Å². The summed E-state index contributed by atoms with van der Waals surface area (Å²) in [5.41, 5.74) is 2.16. The molecule has 9 heteroatoms. The molecule has 2 aromatic heterocycles. The lowest BCUT2D eigenvalue weighted by molar-refractivity contribution is -0.113. The van der Waals surface area contributed by atoms with E-state index in [0.29, 0.717) is 16.8 Å². The summed E-state index contributed by atoms with van der Waals surface area (Å²) >= 11 is 2.74. The number of benzene rings is 1. The van der Waals surface area contributed by atoms with Crippen LogP contribution in [0.1, 0.15) is 13.8 Å². The number of thiazole rings is 1. The maximum atomic E-state index is 12.1. The average molecular weight is 429 g/mol. The lowest BCUT2D eigenvalue weighted by Crippen LogP contribution is -2.21. The van der Waals surface area contributed by atoms with Gasteiger partial charge in [0.15, 0.2) is 16.1 Å². The van der Waals surface area contributed by atoms with Gasteiger partial charge in [-0.25, -0.2) is 4.98 Å². The van der Waals surface area contributed by atoms with Crippen LogP contribution in [0.3, 0.4) is 0 Å². The Bertz CT molecular complexity index is 933. The first-order chi connectivity index (χ1) is 14.2. The molecule has 152 valence electrons. The quantitative estimate of drug-likeness (QED) is 0.386. The molecule has 1 N–H and O–H groups in total. The second-order valence-electron chi connectivity index (χ2n) is 6.10. The Labute approximate surface area is 178 Å². The first-order valence-electron chi connectivity index (χ1n) is 9.37. The Morgan fingerprint density at radius 1 is 1.28 bits per heavy atom. The van der Waals surface area contributed by atoms with Crippen molar-refractivity contribution in [3.8, 4) is 11.4 Å². The molecule has 0 saturated heterocycles. The topological polar surface area (TPSA) is 75.9 Å². The summed E-state index contributed by atoms with van der Waals surface area (Å²) < 4.78 is 1.97. The van der Waals surface area contributed by atoms with Crippen LogP contribution in [0.2, 0.25) is 0 Å². The maximum Gasteiger partial charge on any atom is 0.236 e. The Morgan fingerprint density at radius 3 is 2.66 bits per heavy atom. The van der Waals surface area contributed by atoms with Gasteiger partial charge in [-0.2, -0.15) is 0 Å². The molecule has 0 fully saturated rings. The van der Waals surface area contributed by atoms with Gasteiger partial charge in [-0.05, 0) is 38.1 Å². The molecule has 0 unspecified atom stereocenters. The van der Waals surface area contributed by atoms with E-state index in [-0.39, 0.29) is 11.7 Å². The van der Waals surface area contributed by atoms with Crippen LogP contribution in [-0.2, 0) is 11.3 Å². The van der Waals surface area contributed by atoms with E-state index in [1.165, 1.54) is 28.8 Å². The molecule has 1 aromatic carbocycles. The molecule has 0 aliphatic rings. The fraction of sp³-hybridized carbons (Fsp3) is 0.300. The number of allylic oxidation sites excluding steroid dienone is 1. The molecule has 1 amide bonds. The maximum absolute atomic E-state index is 12.1. The van der Waals surface area contributed by atoms with Gasteiger partial charge in [0.1, 0.15) is 0 Å². The van der Waals surface area contributed by atoms with Crippen molar-refractivity contribution in [1.82, 2.24) is 19.7 Å². The van der Waals surface area contributed by atoms with Crippen molar-refractivity contribution in [1.29, 1.82) is 0 Å². The van der Waals surface area contributed by atoms with Crippen LogP contribution in [0.5, 0.6) is 0 Å². The minimum absolute atomic E-state index is 0.122. The standard InChI is InChI=1S/C20H24N6OS2/c1-4-12-26-18(15-7-9-16(10-8-15)25(5-2)6-3)23-24-20(26)29-14-17(27)22-19-21-11-13-28-19/h4,7-11,13H,1,5-6,12,14H2,2-3H3,(H,21,22,27). The first-order valence-corrected chi connectivity index (χ1v) is 11.2. The number of hydrogen-bond acceptors (Lipinski definition) is 7. The van der Waals surface area contributed by atoms with E-state index in [1.54, 1.807) is 12.3 Å². The lowest BCUT2D eigenvalue weighted by atomic mass is 10.2. The van der Waals surface area contributed by atoms with E-state index in [4.69, 9.17) is 0 Å². The van der Waals surface area contributed by atoms with E-state index in [9.17, 15) is 4.79 Å². The Hall–Kier alpha value is -2.65. The summed E-state index contributed by atoms with van der Waals surface area (Å²) in [5, 5.41) is 14.5. The number of aromatic nitrogens is 4. The average Bonchev–Trinajstić information content (AvgIpc) is 3.38. The van der Waals surface area contributed by atoms with Gasteiger partial charge >= 0.3 is 0 Å². The molecule has 0 aliphatic carbocycles. The molecule has 3 aromatic rings. The number of carbonyl (C=O) groups excluding carboxylic acids is 1. The Morgan fingerprint density at radius 2 is 2.03 bits per heavy atom. The van der Waals surface area contributed by atoms with Crippen molar-refractivity contribution in [2.45, 2.75) is 25.5 Å². The number of thioether (sulfide) groups is 1. The molecule has 0 saturated carbocycles. The summed E-state index contributed by atoms with van der Waals surface area (Å²) in [6.45, 7) is 10.6. The molecule has 0 spiro atoms. The number of amides is 1. The Kier molecular flexibility index (Phi) is 7.42. The zero-order chi connectivity index (χ0) is 20.6. The van der Waals surface area contributed by atoms with E-state index in [2.05, 4.69) is 70.1 Å². The second kappa shape index (κ2) is 10.2. The van der Waals surface area contributed by atoms with Crippen molar-refractivity contribution >= 4 is 39.8 Å². The SMILES string of the molecule is C=CCn1c(SCC(=O)Nc2nccs2)nnc1-c1ccc(N(CC)CC)cc1. The van der Waals surface area contributed by atoms with E-state index < -0.39 is 0 Å². The Balaban J connectivity index is 1.74. The van der Waals surface area contributed by atoms with Gasteiger partial charge in [0.25, 0.3) is 0 Å². The number of rotatable bonds is 10. The number of nitrogens with zero attached hydrogens (tertiary/aromatic N) is 5. The van der Waals surface area contributed by atoms with E-state index in [1.807, 2.05) is 9.95 Å². The van der Waals surface area contributed by atoms with Crippen LogP contribution in [0, 0.1) is 0 Å². The summed E-state index contributed by atoms with van der Waals surface area (Å²) in [6, 6.07) is 8.31. The van der Waals surface area contributed by atoms with Crippen LogP contribution < -0.4 is 10.2 Å². The molecule has 0 bridgehead atoms. The molecule has 0 atom stereocenters. The molecule has 29 heavy (non-hydrogen) atoms. The second-order valence-corrected chi connectivity index (χ2v) is 7.94. The normalized spacial score (nSPS) is 10.7. The largest absolute Gasteiger partial charge is 0.372 e. The van der Waals surface area contributed by atoms with E-state index in [0.717, 1.165) is 24.5 Å². The van der Waals surface area contributed by atoms with Gasteiger partial charge in [0.05, 0.1) is 5.75 Å². The van der Waals surface area contributed by atoms with E-state index >= 15 is 0 Å². The number of nitrogens with one attached hydrogen (secondary N) is 1. The number of carbonyl (C=O) groups is 1. The van der Waals surface area contributed by atoms with Crippen molar-refractivity contribution in [3.63, 3.8) is 0 Å². The van der Waals surface area contributed by atoms with Crippen LogP contribution in [0.25, 0.3) is 11.4 Å².